The normalized spacial score (nSPS) is 18.6. The van der Waals surface area contributed by atoms with E-state index in [1.165, 1.54) is 32.1 Å². The molecule has 1 fully saturated rings. The average Bonchev–Trinajstić information content (AvgIpc) is 2.21. The smallest absolute Gasteiger partial charge is 0.336 e. The third-order valence-corrected chi connectivity index (χ3v) is 3.78. The summed E-state index contributed by atoms with van der Waals surface area (Å²) in [6, 6.07) is 0. The SMILES string of the molecule is NCC1(N)CCCCCCC1.O=C(O)CP(=O)(O)O.[Pt]. The number of aliphatic carboxylic acids is 1. The minimum absolute atomic E-state index is 0. The number of hydrogen-bond donors (Lipinski definition) is 5. The Labute approximate surface area is 133 Å². The summed E-state index contributed by atoms with van der Waals surface area (Å²) in [5.74, 6) is -1.49. The zero-order valence-corrected chi connectivity index (χ0v) is 14.6. The standard InChI is InChI=1S/C9H20N2.C2H5O5P.Pt/c10-8-9(11)6-4-2-1-3-5-7-9;3-2(4)1-8(5,6)7;/h1-8,10-11H2;1H2,(H,3,4)(H2,5,6,7);. The summed E-state index contributed by atoms with van der Waals surface area (Å²) in [4.78, 5) is 25.4. The van der Waals surface area contributed by atoms with Gasteiger partial charge in [-0.25, -0.2) is 0 Å². The fourth-order valence-corrected chi connectivity index (χ4v) is 2.34. The van der Waals surface area contributed by atoms with Crippen LogP contribution in [0.5, 0.6) is 0 Å². The molecular weight excluding hydrogens is 466 g/mol. The second-order valence-corrected chi connectivity index (χ2v) is 6.70. The molecule has 1 aliphatic carbocycles. The first kappa shape index (κ1) is 22.5. The summed E-state index contributed by atoms with van der Waals surface area (Å²) in [7, 11) is -4.32. The van der Waals surface area contributed by atoms with Crippen LogP contribution in [0.1, 0.15) is 44.9 Å². The molecule has 124 valence electrons. The molecule has 7 nitrogen and oxygen atoms in total. The van der Waals surface area contributed by atoms with Crippen molar-refractivity contribution < 1.29 is 45.3 Å². The van der Waals surface area contributed by atoms with Crippen LogP contribution in [0.3, 0.4) is 0 Å². The minimum Gasteiger partial charge on any atom is -0.481 e. The molecular formula is C11H25N2O5PPt. The van der Waals surface area contributed by atoms with Crippen molar-refractivity contribution in [1.29, 1.82) is 0 Å². The molecule has 1 aliphatic rings. The Bertz CT molecular complexity index is 316. The quantitative estimate of drug-likeness (QED) is 0.364. The molecule has 0 saturated heterocycles. The van der Waals surface area contributed by atoms with Gasteiger partial charge in [0.15, 0.2) is 0 Å². The van der Waals surface area contributed by atoms with Crippen LogP contribution in [0.25, 0.3) is 0 Å². The molecule has 1 rings (SSSR count). The van der Waals surface area contributed by atoms with E-state index < -0.39 is 19.7 Å². The van der Waals surface area contributed by atoms with E-state index in [0.717, 1.165) is 12.8 Å². The fourth-order valence-electron chi connectivity index (χ4n) is 1.99. The summed E-state index contributed by atoms with van der Waals surface area (Å²) < 4.78 is 9.76. The molecule has 0 aromatic rings. The molecule has 0 aromatic heterocycles. The van der Waals surface area contributed by atoms with E-state index in [0.29, 0.717) is 6.54 Å². The van der Waals surface area contributed by atoms with Gasteiger partial charge in [-0.3, -0.25) is 9.36 Å². The summed E-state index contributed by atoms with van der Waals surface area (Å²) in [6.45, 7) is 0.660. The van der Waals surface area contributed by atoms with Crippen LogP contribution >= 0.6 is 7.60 Å². The van der Waals surface area contributed by atoms with Gasteiger partial charge in [0.05, 0.1) is 0 Å². The number of carboxylic acids is 1. The van der Waals surface area contributed by atoms with Gasteiger partial charge in [-0.05, 0) is 12.8 Å². The molecule has 0 spiro atoms. The molecule has 0 amide bonds. The Morgan fingerprint density at radius 2 is 1.50 bits per heavy atom. The maximum Gasteiger partial charge on any atom is 0.336 e. The van der Waals surface area contributed by atoms with Crippen molar-refractivity contribution in [3.05, 3.63) is 0 Å². The monoisotopic (exact) mass is 491 g/mol. The van der Waals surface area contributed by atoms with Gasteiger partial charge < -0.3 is 26.4 Å². The van der Waals surface area contributed by atoms with E-state index in [1.807, 2.05) is 0 Å². The summed E-state index contributed by atoms with van der Waals surface area (Å²) in [6.07, 6.45) is 7.79. The van der Waals surface area contributed by atoms with E-state index in [-0.39, 0.29) is 26.6 Å². The Balaban J connectivity index is 0. The molecule has 0 bridgehead atoms. The van der Waals surface area contributed by atoms with E-state index in [2.05, 4.69) is 0 Å². The second-order valence-electron chi connectivity index (χ2n) is 5.05. The van der Waals surface area contributed by atoms with Crippen LogP contribution in [0.15, 0.2) is 0 Å². The zero-order valence-electron chi connectivity index (χ0n) is 11.4. The molecule has 0 aromatic carbocycles. The number of rotatable bonds is 3. The maximum atomic E-state index is 9.76. The number of carbonyl (C=O) groups is 1. The second kappa shape index (κ2) is 10.9. The van der Waals surface area contributed by atoms with Crippen molar-refractivity contribution in [2.45, 2.75) is 50.5 Å². The van der Waals surface area contributed by atoms with Crippen LogP contribution in [-0.4, -0.2) is 39.1 Å². The average molecular weight is 491 g/mol. The van der Waals surface area contributed by atoms with Crippen molar-refractivity contribution in [2.75, 3.05) is 12.7 Å². The van der Waals surface area contributed by atoms with Crippen molar-refractivity contribution in [1.82, 2.24) is 0 Å². The first-order valence-electron chi connectivity index (χ1n) is 6.44. The fraction of sp³-hybridized carbons (Fsp3) is 0.909. The van der Waals surface area contributed by atoms with Crippen LogP contribution in [-0.2, 0) is 30.4 Å². The minimum atomic E-state index is -4.32. The molecule has 0 unspecified atom stereocenters. The topological polar surface area (TPSA) is 147 Å². The van der Waals surface area contributed by atoms with Crippen molar-refractivity contribution in [3.8, 4) is 0 Å². The van der Waals surface area contributed by atoms with Gasteiger partial charge >= 0.3 is 13.6 Å². The Kier molecular flexibility index (Phi) is 12.2. The van der Waals surface area contributed by atoms with E-state index in [1.54, 1.807) is 0 Å². The molecule has 0 aliphatic heterocycles. The van der Waals surface area contributed by atoms with Gasteiger partial charge in [-0.1, -0.05) is 32.1 Å². The van der Waals surface area contributed by atoms with Gasteiger partial charge in [0.25, 0.3) is 0 Å². The maximum absolute atomic E-state index is 9.76. The van der Waals surface area contributed by atoms with Crippen LogP contribution < -0.4 is 11.5 Å². The van der Waals surface area contributed by atoms with Gasteiger partial charge in [-0.2, -0.15) is 0 Å². The Hall–Kier alpha value is 0.228. The number of nitrogens with two attached hydrogens (primary N) is 2. The molecule has 0 heterocycles. The van der Waals surface area contributed by atoms with Gasteiger partial charge in [0, 0.05) is 33.1 Å². The summed E-state index contributed by atoms with van der Waals surface area (Å²) in [5.41, 5.74) is 11.7. The van der Waals surface area contributed by atoms with Gasteiger partial charge in [0.2, 0.25) is 0 Å². The zero-order chi connectivity index (χ0) is 14.9. The molecule has 0 atom stereocenters. The number of hydrogen-bond acceptors (Lipinski definition) is 4. The molecule has 9 heteroatoms. The predicted molar refractivity (Wildman–Crippen MR) is 72.8 cm³/mol. The third kappa shape index (κ3) is 13.2. The van der Waals surface area contributed by atoms with Gasteiger partial charge in [-0.15, -0.1) is 0 Å². The molecule has 1 saturated carbocycles. The van der Waals surface area contributed by atoms with Crippen LogP contribution in [0.4, 0.5) is 0 Å². The van der Waals surface area contributed by atoms with E-state index >= 15 is 0 Å². The predicted octanol–water partition coefficient (Wildman–Crippen LogP) is 0.633. The van der Waals surface area contributed by atoms with Crippen LogP contribution in [0, 0.1) is 0 Å². The first-order valence-corrected chi connectivity index (χ1v) is 8.24. The Morgan fingerprint density at radius 3 is 1.75 bits per heavy atom. The molecule has 7 N–H and O–H groups in total. The Morgan fingerprint density at radius 1 is 1.10 bits per heavy atom. The number of carboxylic acid groups (broad SMARTS) is 1. The van der Waals surface area contributed by atoms with E-state index in [4.69, 9.17) is 26.4 Å². The van der Waals surface area contributed by atoms with Crippen molar-refractivity contribution in [2.24, 2.45) is 11.5 Å². The summed E-state index contributed by atoms with van der Waals surface area (Å²) in [5, 5.41) is 7.76. The first-order chi connectivity index (χ1) is 8.68. The van der Waals surface area contributed by atoms with E-state index in [9.17, 15) is 9.36 Å². The van der Waals surface area contributed by atoms with Crippen molar-refractivity contribution in [3.63, 3.8) is 0 Å². The van der Waals surface area contributed by atoms with Crippen LogP contribution in [0.2, 0.25) is 0 Å². The van der Waals surface area contributed by atoms with Crippen molar-refractivity contribution >= 4 is 13.6 Å². The summed E-state index contributed by atoms with van der Waals surface area (Å²) >= 11 is 0. The molecule has 20 heavy (non-hydrogen) atoms. The third-order valence-electron chi connectivity index (χ3n) is 3.10. The molecule has 0 radical (unpaired) electrons. The van der Waals surface area contributed by atoms with Gasteiger partial charge in [0.1, 0.15) is 6.16 Å². The largest absolute Gasteiger partial charge is 0.481 e.